The molecule has 2 aromatic rings. The van der Waals surface area contributed by atoms with E-state index in [-0.39, 0.29) is 29.7 Å². The maximum atomic E-state index is 14.4. The Kier molecular flexibility index (Phi) is 5.54. The summed E-state index contributed by atoms with van der Waals surface area (Å²) in [6.07, 6.45) is -3.86. The lowest BCUT2D eigenvalue weighted by molar-refractivity contribution is -0.140. The van der Waals surface area contributed by atoms with Crippen LogP contribution < -0.4 is 22.5 Å². The number of rotatable bonds is 4. The Morgan fingerprint density at radius 1 is 1.27 bits per heavy atom. The van der Waals surface area contributed by atoms with E-state index in [0.29, 0.717) is 0 Å². The van der Waals surface area contributed by atoms with Crippen molar-refractivity contribution in [2.24, 2.45) is 11.5 Å². The van der Waals surface area contributed by atoms with Crippen LogP contribution in [0.1, 0.15) is 35.4 Å². The van der Waals surface area contributed by atoms with Gasteiger partial charge in [-0.15, -0.1) is 0 Å². The van der Waals surface area contributed by atoms with Crippen LogP contribution in [-0.2, 0) is 6.18 Å². The van der Waals surface area contributed by atoms with Gasteiger partial charge in [0, 0.05) is 29.8 Å². The van der Waals surface area contributed by atoms with Crippen LogP contribution in [0.5, 0.6) is 0 Å². The lowest BCUT2D eigenvalue weighted by Gasteiger charge is -2.37. The number of alkyl halides is 5. The van der Waals surface area contributed by atoms with Crippen molar-refractivity contribution in [3.05, 3.63) is 35.8 Å². The van der Waals surface area contributed by atoms with E-state index in [4.69, 9.17) is 17.2 Å². The van der Waals surface area contributed by atoms with Gasteiger partial charge >= 0.3 is 6.18 Å². The first kappa shape index (κ1) is 21.7. The van der Waals surface area contributed by atoms with Gasteiger partial charge < -0.3 is 22.5 Å². The number of anilines is 2. The van der Waals surface area contributed by atoms with E-state index in [2.05, 4.69) is 15.3 Å². The summed E-state index contributed by atoms with van der Waals surface area (Å²) in [7, 11) is 0. The van der Waals surface area contributed by atoms with E-state index in [9.17, 15) is 26.7 Å². The Labute approximate surface area is 167 Å². The van der Waals surface area contributed by atoms with Crippen LogP contribution >= 0.6 is 0 Å². The van der Waals surface area contributed by atoms with Gasteiger partial charge in [-0.3, -0.25) is 9.78 Å². The summed E-state index contributed by atoms with van der Waals surface area (Å²) in [5, 5.41) is 2.23. The largest absolute Gasteiger partial charge is 0.435 e. The molecule has 12 heteroatoms. The number of amides is 1. The van der Waals surface area contributed by atoms with Gasteiger partial charge in [-0.05, 0) is 25.0 Å². The number of carbonyl (C=O) groups excluding carboxylic acids is 1. The van der Waals surface area contributed by atoms with Crippen molar-refractivity contribution in [2.75, 3.05) is 11.1 Å². The number of aromatic nitrogens is 2. The van der Waals surface area contributed by atoms with Crippen LogP contribution in [-0.4, -0.2) is 33.9 Å². The van der Waals surface area contributed by atoms with E-state index in [0.717, 1.165) is 6.07 Å². The standard InChI is InChI=1S/C18H19F5N6O/c19-17(20)5-1-4-10(24)13(17)28-11-7-9(15(25)29-14(11)18(21,22)23)8-3-2-6-27-12(8)16(26)30/h2-3,6-7,10,13,28H,1,4-5,24H2,(H2,25,29)(H2,26,30)/t10-,13-/m0/s1. The average molecular weight is 430 g/mol. The molecule has 2 heterocycles. The number of nitrogens with one attached hydrogen (secondary N) is 1. The summed E-state index contributed by atoms with van der Waals surface area (Å²) in [4.78, 5) is 18.8. The number of nitrogens with two attached hydrogens (primary N) is 3. The smallest absolute Gasteiger partial charge is 0.383 e. The summed E-state index contributed by atoms with van der Waals surface area (Å²) in [5.74, 6) is -4.84. The number of hydrogen-bond acceptors (Lipinski definition) is 6. The number of nitrogens with zero attached hydrogens (tertiary/aromatic N) is 2. The predicted molar refractivity (Wildman–Crippen MR) is 99.6 cm³/mol. The van der Waals surface area contributed by atoms with Gasteiger partial charge in [0.1, 0.15) is 17.6 Å². The molecular formula is C18H19F5N6O. The molecule has 0 aromatic carbocycles. The first-order chi connectivity index (χ1) is 13.9. The first-order valence-electron chi connectivity index (χ1n) is 8.94. The Balaban J connectivity index is 2.17. The van der Waals surface area contributed by atoms with Crippen molar-refractivity contribution in [2.45, 2.75) is 43.4 Å². The molecule has 3 rings (SSSR count). The molecule has 0 saturated heterocycles. The van der Waals surface area contributed by atoms with Gasteiger partial charge in [-0.25, -0.2) is 13.8 Å². The molecule has 1 amide bonds. The summed E-state index contributed by atoms with van der Waals surface area (Å²) < 4.78 is 69.4. The zero-order valence-electron chi connectivity index (χ0n) is 15.5. The van der Waals surface area contributed by atoms with Crippen molar-refractivity contribution in [1.29, 1.82) is 0 Å². The number of primary amides is 1. The number of nitrogen functional groups attached to an aromatic ring is 1. The van der Waals surface area contributed by atoms with Crippen molar-refractivity contribution >= 4 is 17.4 Å². The summed E-state index contributed by atoms with van der Waals surface area (Å²) in [6.45, 7) is 0. The van der Waals surface area contributed by atoms with E-state index in [1.165, 1.54) is 18.3 Å². The van der Waals surface area contributed by atoms with Crippen molar-refractivity contribution < 1.29 is 26.7 Å². The zero-order valence-corrected chi connectivity index (χ0v) is 15.5. The van der Waals surface area contributed by atoms with Crippen LogP contribution in [0.25, 0.3) is 11.1 Å². The molecule has 7 nitrogen and oxygen atoms in total. The highest BCUT2D eigenvalue weighted by Gasteiger charge is 2.47. The van der Waals surface area contributed by atoms with Gasteiger partial charge in [0.25, 0.3) is 11.8 Å². The third kappa shape index (κ3) is 4.13. The second kappa shape index (κ2) is 7.67. The molecule has 2 aromatic heterocycles. The Morgan fingerprint density at radius 2 is 1.97 bits per heavy atom. The molecule has 162 valence electrons. The molecule has 1 saturated carbocycles. The van der Waals surface area contributed by atoms with Gasteiger partial charge in [-0.1, -0.05) is 6.07 Å². The van der Waals surface area contributed by atoms with Crippen molar-refractivity contribution in [3.8, 4) is 11.1 Å². The topological polar surface area (TPSA) is 133 Å². The van der Waals surface area contributed by atoms with Gasteiger partial charge in [0.15, 0.2) is 5.69 Å². The minimum Gasteiger partial charge on any atom is -0.383 e. The molecule has 7 N–H and O–H groups in total. The average Bonchev–Trinajstić information content (AvgIpc) is 2.64. The minimum absolute atomic E-state index is 0.0199. The molecule has 0 aliphatic heterocycles. The number of halogens is 5. The Morgan fingerprint density at radius 3 is 2.57 bits per heavy atom. The van der Waals surface area contributed by atoms with Crippen LogP contribution in [0.4, 0.5) is 33.5 Å². The van der Waals surface area contributed by atoms with Crippen molar-refractivity contribution in [1.82, 2.24) is 9.97 Å². The van der Waals surface area contributed by atoms with Gasteiger partial charge in [0.2, 0.25) is 0 Å². The highest BCUT2D eigenvalue weighted by atomic mass is 19.4. The lowest BCUT2D eigenvalue weighted by atomic mass is 9.87. The maximum Gasteiger partial charge on any atom is 0.435 e. The van der Waals surface area contributed by atoms with Crippen LogP contribution in [0, 0.1) is 0 Å². The molecule has 0 unspecified atom stereocenters. The molecule has 1 aliphatic rings. The Bertz CT molecular complexity index is 965. The van der Waals surface area contributed by atoms with Crippen LogP contribution in [0.3, 0.4) is 0 Å². The SMILES string of the molecule is NC(=O)c1ncccc1-c1cc(N[C@H]2[C@@H](N)CCCC2(F)F)c(C(F)(F)F)nc1N. The highest BCUT2D eigenvalue weighted by Crippen LogP contribution is 2.41. The Hall–Kier alpha value is -3.02. The molecule has 30 heavy (non-hydrogen) atoms. The molecule has 1 aliphatic carbocycles. The van der Waals surface area contributed by atoms with Gasteiger partial charge in [-0.2, -0.15) is 13.2 Å². The molecule has 1 fully saturated rings. The third-order valence-electron chi connectivity index (χ3n) is 4.89. The molecule has 2 atom stereocenters. The fourth-order valence-electron chi connectivity index (χ4n) is 3.48. The fraction of sp³-hybridized carbons (Fsp3) is 0.389. The predicted octanol–water partition coefficient (Wildman–Crippen LogP) is 2.77. The highest BCUT2D eigenvalue weighted by molar-refractivity contribution is 5.99. The summed E-state index contributed by atoms with van der Waals surface area (Å²) in [6, 6.07) is 0.868. The monoisotopic (exact) mass is 430 g/mol. The van der Waals surface area contributed by atoms with Crippen LogP contribution in [0.2, 0.25) is 0 Å². The number of pyridine rings is 2. The summed E-state index contributed by atoms with van der Waals surface area (Å²) in [5.41, 5.74) is 14.2. The first-order valence-corrected chi connectivity index (χ1v) is 8.94. The number of carbonyl (C=O) groups is 1. The second-order valence-electron chi connectivity index (χ2n) is 7.02. The van der Waals surface area contributed by atoms with E-state index < -0.39 is 53.7 Å². The second-order valence-corrected chi connectivity index (χ2v) is 7.02. The molecular weight excluding hydrogens is 411 g/mol. The van der Waals surface area contributed by atoms with E-state index in [1.807, 2.05) is 0 Å². The van der Waals surface area contributed by atoms with Gasteiger partial charge in [0.05, 0.1) is 5.69 Å². The number of hydrogen-bond donors (Lipinski definition) is 4. The van der Waals surface area contributed by atoms with Crippen molar-refractivity contribution in [3.63, 3.8) is 0 Å². The minimum atomic E-state index is -4.98. The molecule has 0 spiro atoms. The van der Waals surface area contributed by atoms with E-state index in [1.54, 1.807) is 0 Å². The lowest BCUT2D eigenvalue weighted by Crippen LogP contribution is -2.55. The zero-order chi connectivity index (χ0) is 22.3. The quantitative estimate of drug-likeness (QED) is 0.552. The molecule has 0 bridgehead atoms. The van der Waals surface area contributed by atoms with E-state index >= 15 is 0 Å². The molecule has 0 radical (unpaired) electrons. The maximum absolute atomic E-state index is 14.4. The third-order valence-corrected chi connectivity index (χ3v) is 4.89. The summed E-state index contributed by atoms with van der Waals surface area (Å²) >= 11 is 0. The van der Waals surface area contributed by atoms with Crippen LogP contribution in [0.15, 0.2) is 24.4 Å². The normalized spacial score (nSPS) is 21.3. The fourth-order valence-corrected chi connectivity index (χ4v) is 3.48.